The first kappa shape index (κ1) is 8.71. The zero-order chi connectivity index (χ0) is 9.42. The maximum absolute atomic E-state index is 11.1. The summed E-state index contributed by atoms with van der Waals surface area (Å²) in [5.74, 6) is -0.331. The summed E-state index contributed by atoms with van der Waals surface area (Å²) in [6, 6.07) is 0. The lowest BCUT2D eigenvalue weighted by atomic mass is 10.6. The van der Waals surface area contributed by atoms with E-state index in [0.717, 1.165) is 9.56 Å². The maximum atomic E-state index is 11.1. The number of imidazole rings is 1. The van der Waals surface area contributed by atoms with Gasteiger partial charge in [-0.3, -0.25) is 4.40 Å². The molecule has 0 aromatic carbocycles. The minimum atomic E-state index is -0.331. The van der Waals surface area contributed by atoms with Crippen LogP contribution in [0, 0.1) is 0 Å². The first-order chi connectivity index (χ1) is 6.22. The summed E-state index contributed by atoms with van der Waals surface area (Å²) in [6.45, 7) is 0. The molecule has 2 aromatic heterocycles. The average Bonchev–Trinajstić information content (AvgIpc) is 2.67. The standard InChI is InChI=1S/C7H5BrN2O2S/c1-12-6(11)4-3-10-5(8)2-9-7(10)13-4/h2-3H,1H3. The van der Waals surface area contributed by atoms with Gasteiger partial charge in [0.15, 0.2) is 4.96 Å². The average molecular weight is 261 g/mol. The summed E-state index contributed by atoms with van der Waals surface area (Å²) in [5.41, 5.74) is 0. The summed E-state index contributed by atoms with van der Waals surface area (Å²) < 4.78 is 7.21. The van der Waals surface area contributed by atoms with Crippen LogP contribution in [0.2, 0.25) is 0 Å². The van der Waals surface area contributed by atoms with Gasteiger partial charge in [0.2, 0.25) is 0 Å². The number of carbonyl (C=O) groups is 1. The smallest absolute Gasteiger partial charge is 0.349 e. The quantitative estimate of drug-likeness (QED) is 0.737. The Morgan fingerprint density at radius 3 is 3.15 bits per heavy atom. The Kier molecular flexibility index (Phi) is 2.09. The fourth-order valence-electron chi connectivity index (χ4n) is 0.954. The van der Waals surface area contributed by atoms with Gasteiger partial charge >= 0.3 is 5.97 Å². The van der Waals surface area contributed by atoms with Crippen molar-refractivity contribution in [3.05, 3.63) is 21.9 Å². The zero-order valence-electron chi connectivity index (χ0n) is 6.65. The van der Waals surface area contributed by atoms with E-state index in [2.05, 4.69) is 25.7 Å². The second-order valence-corrected chi connectivity index (χ2v) is 4.14. The molecule has 0 fully saturated rings. The van der Waals surface area contributed by atoms with Crippen LogP contribution in [0.25, 0.3) is 4.96 Å². The van der Waals surface area contributed by atoms with Crippen molar-refractivity contribution in [2.24, 2.45) is 0 Å². The van der Waals surface area contributed by atoms with Gasteiger partial charge in [-0.05, 0) is 15.9 Å². The van der Waals surface area contributed by atoms with Gasteiger partial charge in [-0.1, -0.05) is 11.3 Å². The van der Waals surface area contributed by atoms with Crippen LogP contribution in [-0.4, -0.2) is 22.5 Å². The summed E-state index contributed by atoms with van der Waals surface area (Å²) >= 11 is 4.60. The van der Waals surface area contributed by atoms with Gasteiger partial charge in [-0.15, -0.1) is 0 Å². The van der Waals surface area contributed by atoms with Crippen molar-refractivity contribution >= 4 is 38.2 Å². The Labute approximate surface area is 86.3 Å². The molecule has 0 bridgehead atoms. The molecule has 0 aliphatic carbocycles. The van der Waals surface area contributed by atoms with Crippen LogP contribution in [0.4, 0.5) is 0 Å². The van der Waals surface area contributed by atoms with E-state index in [9.17, 15) is 4.79 Å². The van der Waals surface area contributed by atoms with Crippen molar-refractivity contribution in [3.8, 4) is 0 Å². The third kappa shape index (κ3) is 1.36. The fraction of sp³-hybridized carbons (Fsp3) is 0.143. The number of fused-ring (bicyclic) bond motifs is 1. The number of carbonyl (C=O) groups excluding carboxylic acids is 1. The molecule has 6 heteroatoms. The van der Waals surface area contributed by atoms with E-state index in [1.807, 2.05) is 0 Å². The maximum Gasteiger partial charge on any atom is 0.349 e. The van der Waals surface area contributed by atoms with Crippen molar-refractivity contribution in [1.82, 2.24) is 9.38 Å². The molecule has 0 amide bonds. The first-order valence-corrected chi connectivity index (χ1v) is 5.04. The van der Waals surface area contributed by atoms with Crippen LogP contribution < -0.4 is 0 Å². The molecule has 2 heterocycles. The molecular formula is C7H5BrN2O2S. The van der Waals surface area contributed by atoms with Gasteiger partial charge < -0.3 is 4.74 Å². The highest BCUT2D eigenvalue weighted by Gasteiger charge is 2.12. The number of rotatable bonds is 1. The Hall–Kier alpha value is -0.880. The lowest BCUT2D eigenvalue weighted by molar-refractivity contribution is 0.0606. The van der Waals surface area contributed by atoms with Crippen molar-refractivity contribution in [1.29, 1.82) is 0 Å². The van der Waals surface area contributed by atoms with Crippen LogP contribution in [0.3, 0.4) is 0 Å². The van der Waals surface area contributed by atoms with Crippen LogP contribution in [0.1, 0.15) is 9.67 Å². The van der Waals surface area contributed by atoms with Gasteiger partial charge in [-0.2, -0.15) is 0 Å². The fourth-order valence-corrected chi connectivity index (χ4v) is 2.32. The molecule has 0 saturated carbocycles. The number of ether oxygens (including phenoxy) is 1. The lowest BCUT2D eigenvalue weighted by Gasteiger charge is -1.90. The normalized spacial score (nSPS) is 10.6. The van der Waals surface area contributed by atoms with E-state index >= 15 is 0 Å². The van der Waals surface area contributed by atoms with Crippen LogP contribution in [-0.2, 0) is 4.74 Å². The van der Waals surface area contributed by atoms with Gasteiger partial charge in [0.25, 0.3) is 0 Å². The molecule has 0 atom stereocenters. The Morgan fingerprint density at radius 2 is 2.54 bits per heavy atom. The molecule has 0 aliphatic rings. The molecule has 4 nitrogen and oxygen atoms in total. The molecule has 2 rings (SSSR count). The molecular weight excluding hydrogens is 256 g/mol. The number of hydrogen-bond donors (Lipinski definition) is 0. The summed E-state index contributed by atoms with van der Waals surface area (Å²) in [6.07, 6.45) is 3.38. The lowest BCUT2D eigenvalue weighted by Crippen LogP contribution is -1.97. The number of methoxy groups -OCH3 is 1. The molecule has 13 heavy (non-hydrogen) atoms. The number of halogens is 1. The molecule has 0 spiro atoms. The zero-order valence-corrected chi connectivity index (χ0v) is 9.05. The van der Waals surface area contributed by atoms with E-state index in [1.54, 1.807) is 16.8 Å². The van der Waals surface area contributed by atoms with Gasteiger partial charge in [0, 0.05) is 6.20 Å². The highest BCUT2D eigenvalue weighted by Crippen LogP contribution is 2.21. The largest absolute Gasteiger partial charge is 0.465 e. The summed E-state index contributed by atoms with van der Waals surface area (Å²) in [5, 5.41) is 0. The number of esters is 1. The van der Waals surface area contributed by atoms with Gasteiger partial charge in [0.1, 0.15) is 9.48 Å². The SMILES string of the molecule is COC(=O)c1cn2c(Br)cnc2s1. The Morgan fingerprint density at radius 1 is 1.77 bits per heavy atom. The molecule has 0 radical (unpaired) electrons. The van der Waals surface area contributed by atoms with Crippen molar-refractivity contribution in [3.63, 3.8) is 0 Å². The second kappa shape index (κ2) is 3.12. The second-order valence-electron chi connectivity index (χ2n) is 2.32. The summed E-state index contributed by atoms with van der Waals surface area (Å²) in [7, 11) is 1.36. The molecule has 0 unspecified atom stereocenters. The molecule has 2 aromatic rings. The van der Waals surface area contributed by atoms with E-state index < -0.39 is 0 Å². The van der Waals surface area contributed by atoms with E-state index in [1.165, 1.54) is 18.4 Å². The Balaban J connectivity index is 2.56. The molecule has 0 aliphatic heterocycles. The van der Waals surface area contributed by atoms with E-state index in [0.29, 0.717) is 4.88 Å². The number of aromatic nitrogens is 2. The van der Waals surface area contributed by atoms with Crippen LogP contribution in [0.15, 0.2) is 17.0 Å². The highest BCUT2D eigenvalue weighted by molar-refractivity contribution is 9.10. The Bertz CT molecular complexity index is 462. The van der Waals surface area contributed by atoms with Crippen molar-refractivity contribution < 1.29 is 9.53 Å². The minimum Gasteiger partial charge on any atom is -0.465 e. The highest BCUT2D eigenvalue weighted by atomic mass is 79.9. The molecule has 68 valence electrons. The van der Waals surface area contributed by atoms with Gasteiger partial charge in [0.05, 0.1) is 13.3 Å². The first-order valence-electron chi connectivity index (χ1n) is 3.43. The number of nitrogens with zero attached hydrogens (tertiary/aromatic N) is 2. The van der Waals surface area contributed by atoms with Crippen LogP contribution >= 0.6 is 27.3 Å². The predicted octanol–water partition coefficient (Wildman–Crippen LogP) is 1.94. The summed E-state index contributed by atoms with van der Waals surface area (Å²) in [4.78, 5) is 16.5. The number of hydrogen-bond acceptors (Lipinski definition) is 4. The van der Waals surface area contributed by atoms with Crippen molar-refractivity contribution in [2.45, 2.75) is 0 Å². The monoisotopic (exact) mass is 260 g/mol. The van der Waals surface area contributed by atoms with Crippen LogP contribution in [0.5, 0.6) is 0 Å². The topological polar surface area (TPSA) is 43.6 Å². The van der Waals surface area contributed by atoms with Crippen molar-refractivity contribution in [2.75, 3.05) is 7.11 Å². The molecule has 0 saturated heterocycles. The minimum absolute atomic E-state index is 0.331. The molecule has 0 N–H and O–H groups in total. The third-order valence-electron chi connectivity index (χ3n) is 1.55. The van der Waals surface area contributed by atoms with E-state index in [4.69, 9.17) is 0 Å². The van der Waals surface area contributed by atoms with Gasteiger partial charge in [-0.25, -0.2) is 9.78 Å². The third-order valence-corrected chi connectivity index (χ3v) is 3.12. The predicted molar refractivity (Wildman–Crippen MR) is 52.1 cm³/mol. The van der Waals surface area contributed by atoms with E-state index in [-0.39, 0.29) is 5.97 Å². The number of thiazole rings is 1.